The van der Waals surface area contributed by atoms with Crippen LogP contribution in [-0.2, 0) is 4.79 Å². The highest BCUT2D eigenvalue weighted by Crippen LogP contribution is 2.13. The summed E-state index contributed by atoms with van der Waals surface area (Å²) in [4.78, 5) is 12.1. The maximum absolute atomic E-state index is 12.1. The van der Waals surface area contributed by atoms with Gasteiger partial charge in [-0.15, -0.1) is 0 Å². The molecule has 0 aliphatic rings. The molecule has 0 aromatic rings. The molecule has 0 bridgehead atoms. The number of carbonyl (C=O) groups excluding carboxylic acids is 1. The number of hydrogen-bond donors (Lipinski definition) is 2. The summed E-state index contributed by atoms with van der Waals surface area (Å²) >= 11 is 0. The topological polar surface area (TPSA) is 49.3 Å². The number of halogens is 1. The number of carbonyl (C=O) groups is 1. The maximum Gasteiger partial charge on any atom is 0.220 e. The van der Waals surface area contributed by atoms with Crippen molar-refractivity contribution in [3.63, 3.8) is 0 Å². The fourth-order valence-corrected chi connectivity index (χ4v) is 4.20. The largest absolute Gasteiger partial charge is 1.00 e. The predicted octanol–water partition coefficient (Wildman–Crippen LogP) is 2.83. The smallest absolute Gasteiger partial charge is 0.220 e. The summed E-state index contributed by atoms with van der Waals surface area (Å²) in [7, 11) is 0. The highest BCUT2D eigenvalue weighted by atomic mass is 35.5. The number of unbranched alkanes of at least 4 members (excludes halogenated alkanes) is 12. The van der Waals surface area contributed by atoms with Crippen molar-refractivity contribution in [3.8, 4) is 0 Å². The van der Waals surface area contributed by atoms with Crippen LogP contribution in [0.2, 0.25) is 0 Å². The molecule has 2 N–H and O–H groups in total. The summed E-state index contributed by atoms with van der Waals surface area (Å²) in [5.74, 6) is 0.209. The van der Waals surface area contributed by atoms with Crippen molar-refractivity contribution in [2.75, 3.05) is 39.3 Å². The van der Waals surface area contributed by atoms with Gasteiger partial charge in [-0.05, 0) is 20.3 Å². The van der Waals surface area contributed by atoms with Crippen molar-refractivity contribution < 1.29 is 26.8 Å². The molecule has 0 spiro atoms. The third-order valence-electron chi connectivity index (χ3n) is 6.55. The van der Waals surface area contributed by atoms with E-state index in [9.17, 15) is 4.79 Å². The van der Waals surface area contributed by atoms with Crippen LogP contribution >= 0.6 is 0 Å². The van der Waals surface area contributed by atoms with Crippen molar-refractivity contribution in [2.45, 2.75) is 117 Å². The summed E-state index contributed by atoms with van der Waals surface area (Å²) in [6.45, 7) is 11.8. The van der Waals surface area contributed by atoms with E-state index in [1.807, 2.05) is 0 Å². The van der Waals surface area contributed by atoms with E-state index in [0.29, 0.717) is 6.42 Å². The van der Waals surface area contributed by atoms with E-state index in [4.69, 9.17) is 5.11 Å². The molecule has 0 rings (SSSR count). The van der Waals surface area contributed by atoms with Gasteiger partial charge in [-0.25, -0.2) is 0 Å². The van der Waals surface area contributed by atoms with Crippen molar-refractivity contribution >= 4 is 5.91 Å². The summed E-state index contributed by atoms with van der Waals surface area (Å²) in [6, 6.07) is 0. The van der Waals surface area contributed by atoms with Gasteiger partial charge in [0, 0.05) is 19.4 Å². The molecular weight excluding hydrogens is 396 g/mol. The molecule has 0 atom stereocenters. The zero-order valence-electron chi connectivity index (χ0n) is 20.5. The van der Waals surface area contributed by atoms with E-state index in [1.54, 1.807) is 0 Å². The normalized spacial score (nSPS) is 11.3. The number of hydrogen-bond acceptors (Lipinski definition) is 2. The van der Waals surface area contributed by atoms with Crippen LogP contribution in [0.4, 0.5) is 0 Å². The average Bonchev–Trinajstić information content (AvgIpc) is 2.74. The van der Waals surface area contributed by atoms with Gasteiger partial charge in [-0.2, -0.15) is 0 Å². The Morgan fingerprint density at radius 2 is 1.17 bits per heavy atom. The van der Waals surface area contributed by atoms with E-state index >= 15 is 0 Å². The zero-order chi connectivity index (χ0) is 21.6. The van der Waals surface area contributed by atoms with Crippen molar-refractivity contribution in [2.24, 2.45) is 0 Å². The Kier molecular flexibility index (Phi) is 24.8. The first-order chi connectivity index (χ1) is 14.1. The SMILES string of the molecule is CCCCCCCCCCCCCCCC(=O)NCC[N+](CC)(CC)CCCO.[Cl-]. The molecule has 4 nitrogen and oxygen atoms in total. The van der Waals surface area contributed by atoms with E-state index in [1.165, 1.54) is 77.0 Å². The van der Waals surface area contributed by atoms with Gasteiger partial charge in [-0.1, -0.05) is 84.0 Å². The Hall–Kier alpha value is -0.320. The molecule has 0 heterocycles. The summed E-state index contributed by atoms with van der Waals surface area (Å²) in [6.07, 6.45) is 18.9. The molecule has 30 heavy (non-hydrogen) atoms. The number of rotatable bonds is 22. The van der Waals surface area contributed by atoms with Crippen LogP contribution in [-0.4, -0.2) is 54.8 Å². The molecule has 0 aliphatic heterocycles. The van der Waals surface area contributed by atoms with Crippen LogP contribution in [0.25, 0.3) is 0 Å². The molecule has 0 aromatic carbocycles. The number of amides is 1. The number of aliphatic hydroxyl groups is 1. The minimum atomic E-state index is 0. The number of nitrogens with one attached hydrogen (secondary N) is 1. The molecule has 5 heteroatoms. The average molecular weight is 449 g/mol. The Balaban J connectivity index is 0. The van der Waals surface area contributed by atoms with E-state index in [-0.39, 0.29) is 24.9 Å². The Morgan fingerprint density at radius 3 is 1.60 bits per heavy atom. The lowest BCUT2D eigenvalue weighted by atomic mass is 10.0. The molecule has 0 saturated carbocycles. The van der Waals surface area contributed by atoms with E-state index < -0.39 is 0 Å². The minimum absolute atomic E-state index is 0. The summed E-state index contributed by atoms with van der Waals surface area (Å²) < 4.78 is 0.986. The van der Waals surface area contributed by atoms with E-state index in [2.05, 4.69) is 26.1 Å². The molecular formula is C25H53ClN2O2. The minimum Gasteiger partial charge on any atom is -1.00 e. The first-order valence-electron chi connectivity index (χ1n) is 12.9. The van der Waals surface area contributed by atoms with Crippen LogP contribution < -0.4 is 17.7 Å². The van der Waals surface area contributed by atoms with Crippen LogP contribution in [0, 0.1) is 0 Å². The maximum atomic E-state index is 12.1. The molecule has 0 aliphatic carbocycles. The number of nitrogens with zero attached hydrogens (tertiary/aromatic N) is 1. The van der Waals surface area contributed by atoms with Crippen molar-refractivity contribution in [1.82, 2.24) is 5.32 Å². The predicted molar refractivity (Wildman–Crippen MR) is 126 cm³/mol. The molecule has 0 radical (unpaired) electrons. The van der Waals surface area contributed by atoms with Gasteiger partial charge in [0.15, 0.2) is 0 Å². The summed E-state index contributed by atoms with van der Waals surface area (Å²) in [5, 5.41) is 12.2. The fourth-order valence-electron chi connectivity index (χ4n) is 4.20. The first kappa shape index (κ1) is 31.9. The Labute approximate surface area is 194 Å². The second-order valence-electron chi connectivity index (χ2n) is 8.84. The number of likely N-dealkylation sites (N-methyl/N-ethyl adjacent to an activating group) is 1. The Bertz CT molecular complexity index is 363. The molecule has 0 aromatic heterocycles. The molecule has 0 saturated heterocycles. The lowest BCUT2D eigenvalue weighted by Crippen LogP contribution is -3.00. The lowest BCUT2D eigenvalue weighted by Gasteiger charge is -2.37. The van der Waals surface area contributed by atoms with Gasteiger partial charge >= 0.3 is 0 Å². The van der Waals surface area contributed by atoms with Crippen LogP contribution in [0.5, 0.6) is 0 Å². The standard InChI is InChI=1S/C25H52N2O2.ClH/c1-4-7-8-9-10-11-12-13-14-15-16-17-18-20-25(29)26-21-23-27(5-2,6-3)22-19-24-28;/h28H,4-24H2,1-3H3;1H. The van der Waals surface area contributed by atoms with Crippen molar-refractivity contribution in [1.29, 1.82) is 0 Å². The number of quaternary nitrogens is 1. The Morgan fingerprint density at radius 1 is 0.700 bits per heavy atom. The van der Waals surface area contributed by atoms with E-state index in [0.717, 1.165) is 50.0 Å². The zero-order valence-corrected chi connectivity index (χ0v) is 21.3. The van der Waals surface area contributed by atoms with Gasteiger partial charge in [0.1, 0.15) is 0 Å². The second-order valence-corrected chi connectivity index (χ2v) is 8.84. The quantitative estimate of drug-likeness (QED) is 0.197. The van der Waals surface area contributed by atoms with Gasteiger partial charge < -0.3 is 27.3 Å². The van der Waals surface area contributed by atoms with Crippen LogP contribution in [0.3, 0.4) is 0 Å². The lowest BCUT2D eigenvalue weighted by molar-refractivity contribution is -0.924. The molecule has 1 amide bonds. The van der Waals surface area contributed by atoms with Gasteiger partial charge in [0.2, 0.25) is 5.91 Å². The monoisotopic (exact) mass is 448 g/mol. The van der Waals surface area contributed by atoms with Crippen LogP contribution in [0.1, 0.15) is 117 Å². The van der Waals surface area contributed by atoms with Gasteiger partial charge in [-0.3, -0.25) is 4.79 Å². The van der Waals surface area contributed by atoms with Crippen molar-refractivity contribution in [3.05, 3.63) is 0 Å². The first-order valence-corrected chi connectivity index (χ1v) is 12.9. The van der Waals surface area contributed by atoms with Gasteiger partial charge in [0.25, 0.3) is 0 Å². The molecule has 0 fully saturated rings. The third kappa shape index (κ3) is 18.4. The van der Waals surface area contributed by atoms with Crippen LogP contribution in [0.15, 0.2) is 0 Å². The third-order valence-corrected chi connectivity index (χ3v) is 6.55. The molecule has 182 valence electrons. The molecule has 0 unspecified atom stereocenters. The summed E-state index contributed by atoms with van der Waals surface area (Å²) in [5.41, 5.74) is 0. The highest BCUT2D eigenvalue weighted by molar-refractivity contribution is 5.75. The fraction of sp³-hybridized carbons (Fsp3) is 0.960. The number of aliphatic hydroxyl groups excluding tert-OH is 1. The second kappa shape index (κ2) is 23.3. The van der Waals surface area contributed by atoms with Gasteiger partial charge in [0.05, 0.1) is 32.7 Å². The highest BCUT2D eigenvalue weighted by Gasteiger charge is 2.22.